The molecule has 0 heterocycles. The summed E-state index contributed by atoms with van der Waals surface area (Å²) in [6.07, 6.45) is 13.3. The second-order valence-corrected chi connectivity index (χ2v) is 21.2. The van der Waals surface area contributed by atoms with E-state index in [0.29, 0.717) is 0 Å². The largest absolute Gasteiger partial charge is 0.311 e. The van der Waals surface area contributed by atoms with Crippen molar-refractivity contribution >= 4 is 81.7 Å². The Balaban J connectivity index is 0.699. The highest BCUT2D eigenvalue weighted by Crippen LogP contribution is 2.38. The highest BCUT2D eigenvalue weighted by molar-refractivity contribution is 5.93. The summed E-state index contributed by atoms with van der Waals surface area (Å²) in [6, 6.07) is 113. The van der Waals surface area contributed by atoms with E-state index in [1.807, 2.05) is 0 Å². The monoisotopic (exact) mass is 1080 g/mol. The second kappa shape index (κ2) is 25.8. The Morgan fingerprint density at radius 1 is 0.214 bits per heavy atom. The van der Waals surface area contributed by atoms with Crippen LogP contribution in [-0.4, -0.2) is 0 Å². The van der Waals surface area contributed by atoms with Crippen LogP contribution >= 0.6 is 0 Å². The van der Waals surface area contributed by atoms with Crippen molar-refractivity contribution in [3.63, 3.8) is 0 Å². The predicted octanol–water partition coefficient (Wildman–Crippen LogP) is 22.4. The first-order chi connectivity index (χ1) is 41.4. The Morgan fingerprint density at radius 2 is 0.417 bits per heavy atom. The van der Waals surface area contributed by atoms with E-state index >= 15 is 0 Å². The van der Waals surface area contributed by atoms with Crippen molar-refractivity contribution in [1.82, 2.24) is 0 Å². The molecule has 402 valence electrons. The Bertz CT molecular complexity index is 3820. The fourth-order valence-corrected chi connectivity index (χ4v) is 10.6. The summed E-state index contributed by atoms with van der Waals surface area (Å²) < 4.78 is 0. The number of aryl methyl sites for hydroxylation is 2. The fraction of sp³-hybridized carbons (Fsp3) is 0.0244. The molecule has 0 amide bonds. The Hall–Kier alpha value is -10.8. The van der Waals surface area contributed by atoms with Gasteiger partial charge in [0.15, 0.2) is 0 Å². The average molecular weight is 1080 g/mol. The van der Waals surface area contributed by atoms with Crippen LogP contribution in [0.5, 0.6) is 0 Å². The van der Waals surface area contributed by atoms with E-state index < -0.39 is 0 Å². The van der Waals surface area contributed by atoms with Crippen molar-refractivity contribution in [3.05, 3.63) is 382 Å². The summed E-state index contributed by atoms with van der Waals surface area (Å²) in [7, 11) is 0. The van der Waals surface area contributed by atoms with Gasteiger partial charge in [-0.25, -0.2) is 0 Å². The van der Waals surface area contributed by atoms with Gasteiger partial charge < -0.3 is 9.80 Å². The highest BCUT2D eigenvalue weighted by Gasteiger charge is 2.15. The maximum atomic E-state index is 2.32. The lowest BCUT2D eigenvalue weighted by molar-refractivity contribution is 1.27. The number of benzene rings is 12. The minimum absolute atomic E-state index is 1.10. The molecule has 0 N–H and O–H groups in total. The van der Waals surface area contributed by atoms with Gasteiger partial charge in [-0.05, 0) is 177 Å². The average Bonchev–Trinajstić information content (AvgIpc) is 3.75. The van der Waals surface area contributed by atoms with Gasteiger partial charge in [0.05, 0.1) is 0 Å². The highest BCUT2D eigenvalue weighted by atomic mass is 15.1. The minimum atomic E-state index is 1.10. The molecule has 0 bridgehead atoms. The summed E-state index contributed by atoms with van der Waals surface area (Å²) in [5.74, 6) is 0. The number of hydrogen-bond donors (Lipinski definition) is 0. The summed E-state index contributed by atoms with van der Waals surface area (Å²) in [4.78, 5) is 4.65. The van der Waals surface area contributed by atoms with E-state index in [1.54, 1.807) is 0 Å². The molecular weight excluding hydrogens is 1010 g/mol. The molecule has 0 aliphatic rings. The molecule has 0 saturated heterocycles. The second-order valence-electron chi connectivity index (χ2n) is 21.2. The van der Waals surface area contributed by atoms with Gasteiger partial charge in [-0.3, -0.25) is 0 Å². The molecule has 12 aromatic rings. The normalized spacial score (nSPS) is 11.1. The minimum Gasteiger partial charge on any atom is -0.311 e. The summed E-state index contributed by atoms with van der Waals surface area (Å²) >= 11 is 0. The molecule has 0 atom stereocenters. The number of nitrogens with zero attached hydrogens (tertiary/aromatic N) is 2. The van der Waals surface area contributed by atoms with E-state index in [9.17, 15) is 0 Å². The lowest BCUT2D eigenvalue weighted by Crippen LogP contribution is -2.09. The molecule has 0 aliphatic heterocycles. The van der Waals surface area contributed by atoms with Crippen LogP contribution < -0.4 is 9.80 Å². The van der Waals surface area contributed by atoms with Crippen LogP contribution in [0, 0.1) is 13.8 Å². The summed E-state index contributed by atoms with van der Waals surface area (Å²) in [6.45, 7) is 4.26. The first kappa shape index (κ1) is 53.8. The molecule has 0 spiro atoms. The zero-order chi connectivity index (χ0) is 56.9. The standard InChI is InChI=1S/C82H64N2/c1-61-23-47-75(48-24-61)83(79-55-39-67(40-56-79)59-81(71-15-7-3-8-16-71)72-17-9-4-10-18-72)77-51-35-65(36-52-77)29-27-63-31-43-69(44-32-63)70-45-33-64(34-46-70)28-30-66-37-53-78(54-38-66)84(76-49-25-62(2)26-50-76)80-57-41-68(42-58-80)60-82(73-19-11-5-12-20-73)74-21-13-6-14-22-74/h3-60H,1-2H3/b29-27+,30-28+. The van der Waals surface area contributed by atoms with Gasteiger partial charge in [0.25, 0.3) is 0 Å². The molecule has 2 heteroatoms. The molecule has 0 unspecified atom stereocenters. The van der Waals surface area contributed by atoms with Crippen molar-refractivity contribution in [1.29, 1.82) is 0 Å². The molecule has 0 radical (unpaired) electrons. The molecule has 0 aromatic heterocycles. The Morgan fingerprint density at radius 3 is 0.655 bits per heavy atom. The molecule has 12 rings (SSSR count). The molecule has 12 aromatic carbocycles. The smallest absolute Gasteiger partial charge is 0.0462 e. The van der Waals surface area contributed by atoms with Crippen molar-refractivity contribution in [3.8, 4) is 11.1 Å². The summed E-state index contributed by atoms with van der Waals surface area (Å²) in [5.41, 5.74) is 25.5. The topological polar surface area (TPSA) is 6.48 Å². The molecule has 0 saturated carbocycles. The van der Waals surface area contributed by atoms with Crippen LogP contribution in [0.25, 0.3) is 58.7 Å². The molecule has 2 nitrogen and oxygen atoms in total. The van der Waals surface area contributed by atoms with Crippen LogP contribution in [0.2, 0.25) is 0 Å². The molecular formula is C82H64N2. The van der Waals surface area contributed by atoms with Crippen molar-refractivity contribution in [2.75, 3.05) is 9.80 Å². The third-order valence-corrected chi connectivity index (χ3v) is 15.2. The quantitative estimate of drug-likeness (QED) is 0.0839. The zero-order valence-corrected chi connectivity index (χ0v) is 47.4. The van der Waals surface area contributed by atoms with E-state index in [2.05, 4.69) is 376 Å². The van der Waals surface area contributed by atoms with Gasteiger partial charge in [0.2, 0.25) is 0 Å². The van der Waals surface area contributed by atoms with Crippen LogP contribution in [0.4, 0.5) is 34.1 Å². The Labute approximate surface area is 495 Å². The van der Waals surface area contributed by atoms with Gasteiger partial charge in [0, 0.05) is 34.1 Å². The van der Waals surface area contributed by atoms with Crippen LogP contribution in [0.1, 0.15) is 66.8 Å². The Kier molecular flexibility index (Phi) is 16.5. The van der Waals surface area contributed by atoms with E-state index in [4.69, 9.17) is 0 Å². The molecule has 0 aliphatic carbocycles. The van der Waals surface area contributed by atoms with Gasteiger partial charge in [0.1, 0.15) is 0 Å². The third-order valence-electron chi connectivity index (χ3n) is 15.2. The fourth-order valence-electron chi connectivity index (χ4n) is 10.6. The van der Waals surface area contributed by atoms with Crippen LogP contribution in [-0.2, 0) is 0 Å². The van der Waals surface area contributed by atoms with Gasteiger partial charge >= 0.3 is 0 Å². The van der Waals surface area contributed by atoms with Gasteiger partial charge in [-0.1, -0.05) is 278 Å². The number of hydrogen-bond acceptors (Lipinski definition) is 2. The molecule has 84 heavy (non-hydrogen) atoms. The van der Waals surface area contributed by atoms with Crippen molar-refractivity contribution in [2.45, 2.75) is 13.8 Å². The lowest BCUT2D eigenvalue weighted by Gasteiger charge is -2.26. The zero-order valence-electron chi connectivity index (χ0n) is 47.4. The van der Waals surface area contributed by atoms with Gasteiger partial charge in [-0.15, -0.1) is 0 Å². The summed E-state index contributed by atoms with van der Waals surface area (Å²) in [5, 5.41) is 0. The van der Waals surface area contributed by atoms with E-state index in [-0.39, 0.29) is 0 Å². The first-order valence-electron chi connectivity index (χ1n) is 28.8. The molecule has 0 fully saturated rings. The van der Waals surface area contributed by atoms with Gasteiger partial charge in [-0.2, -0.15) is 0 Å². The first-order valence-corrected chi connectivity index (χ1v) is 28.8. The van der Waals surface area contributed by atoms with E-state index in [0.717, 1.165) is 67.5 Å². The SMILES string of the molecule is Cc1ccc(N(c2ccc(C=C(c3ccccc3)c3ccccc3)cc2)c2ccc(/C=C/c3ccc(-c4ccc(/C=C/c5ccc(N(c6ccc(C)cc6)c6ccc(C=C(c7ccccc7)c7ccccc7)cc6)cc5)cc4)cc3)cc2)cc1. The van der Waals surface area contributed by atoms with Crippen molar-refractivity contribution in [2.24, 2.45) is 0 Å². The number of anilines is 6. The van der Waals surface area contributed by atoms with Crippen LogP contribution in [0.15, 0.2) is 315 Å². The predicted molar refractivity (Wildman–Crippen MR) is 361 cm³/mol. The number of rotatable bonds is 17. The maximum Gasteiger partial charge on any atom is 0.0462 e. The lowest BCUT2D eigenvalue weighted by atomic mass is 9.95. The maximum absolute atomic E-state index is 2.32. The van der Waals surface area contributed by atoms with Crippen LogP contribution in [0.3, 0.4) is 0 Å². The third kappa shape index (κ3) is 13.2. The van der Waals surface area contributed by atoms with Crippen molar-refractivity contribution < 1.29 is 0 Å². The van der Waals surface area contributed by atoms with E-state index in [1.165, 1.54) is 55.7 Å².